The van der Waals surface area contributed by atoms with Gasteiger partial charge in [0, 0.05) is 11.6 Å². The quantitative estimate of drug-likeness (QED) is 0.537. The molecule has 1 aliphatic rings. The molecule has 0 N–H and O–H groups in total. The third-order valence-electron chi connectivity index (χ3n) is 5.14. The summed E-state index contributed by atoms with van der Waals surface area (Å²) < 4.78 is 18.6. The van der Waals surface area contributed by atoms with Crippen LogP contribution < -0.4 is 19.6 Å². The van der Waals surface area contributed by atoms with Crippen molar-refractivity contribution in [3.63, 3.8) is 0 Å². The zero-order valence-corrected chi connectivity index (χ0v) is 19.2. The van der Waals surface area contributed by atoms with Crippen molar-refractivity contribution in [2.24, 2.45) is 4.99 Å². The van der Waals surface area contributed by atoms with Crippen LogP contribution in [0.3, 0.4) is 0 Å². The summed E-state index contributed by atoms with van der Waals surface area (Å²) in [7, 11) is 1.32. The number of furan rings is 1. The predicted octanol–water partition coefficient (Wildman–Crippen LogP) is 3.10. The molecule has 2 aromatic heterocycles. The fourth-order valence-corrected chi connectivity index (χ4v) is 4.72. The highest BCUT2D eigenvalue weighted by molar-refractivity contribution is 7.07. The monoisotopic (exact) mass is 452 g/mol. The van der Waals surface area contributed by atoms with Crippen LogP contribution in [0.4, 0.5) is 0 Å². The smallest absolute Gasteiger partial charge is 0.338 e. The molecule has 0 unspecified atom stereocenters. The number of rotatable bonds is 6. The summed E-state index contributed by atoms with van der Waals surface area (Å²) in [6, 6.07) is 10.4. The topological polar surface area (TPSA) is 83.0 Å². The lowest BCUT2D eigenvalue weighted by molar-refractivity contribution is -0.136. The van der Waals surface area contributed by atoms with Gasteiger partial charge in [0.1, 0.15) is 23.3 Å². The van der Waals surface area contributed by atoms with Gasteiger partial charge >= 0.3 is 5.97 Å². The maximum absolute atomic E-state index is 13.5. The molecule has 0 radical (unpaired) electrons. The molecule has 1 aliphatic heterocycles. The summed E-state index contributed by atoms with van der Waals surface area (Å²) in [5.74, 6) is 1.43. The number of aryl methyl sites for hydroxylation is 1. The second kappa shape index (κ2) is 9.00. The first-order valence-corrected chi connectivity index (χ1v) is 11.1. The van der Waals surface area contributed by atoms with E-state index in [1.807, 2.05) is 50.2 Å². The molecule has 3 aromatic rings. The fraction of sp³-hybridized carbons (Fsp3) is 0.292. The van der Waals surface area contributed by atoms with Crippen LogP contribution in [0.2, 0.25) is 0 Å². The summed E-state index contributed by atoms with van der Waals surface area (Å²) in [6.45, 7) is 6.14. The Morgan fingerprint density at radius 3 is 2.72 bits per heavy atom. The third-order valence-corrected chi connectivity index (χ3v) is 6.12. The van der Waals surface area contributed by atoms with Gasteiger partial charge in [-0.05, 0) is 38.5 Å². The van der Waals surface area contributed by atoms with E-state index in [1.54, 1.807) is 17.6 Å². The predicted molar refractivity (Wildman–Crippen MR) is 121 cm³/mol. The SMILES string of the molecule is CCCOc1ccccc1[C@@H]1C(C(=O)OC)=C(C)N=c2s/c(=C/c3ccc(C)o3)c(=O)n21. The maximum Gasteiger partial charge on any atom is 0.338 e. The number of carbonyl (C=O) groups excluding carboxylic acids is 1. The van der Waals surface area contributed by atoms with Crippen LogP contribution in [-0.2, 0) is 9.53 Å². The van der Waals surface area contributed by atoms with E-state index in [0.29, 0.717) is 44.3 Å². The minimum Gasteiger partial charge on any atom is -0.493 e. The summed E-state index contributed by atoms with van der Waals surface area (Å²) in [6.07, 6.45) is 2.53. The molecule has 3 heterocycles. The van der Waals surface area contributed by atoms with Crippen LogP contribution in [0.5, 0.6) is 5.75 Å². The third kappa shape index (κ3) is 3.93. The molecule has 32 heavy (non-hydrogen) atoms. The number of allylic oxidation sites excluding steroid dienone is 1. The molecule has 0 aliphatic carbocycles. The molecular formula is C24H24N2O5S. The molecule has 1 atom stereocenters. The van der Waals surface area contributed by atoms with Crippen LogP contribution in [0.25, 0.3) is 6.08 Å². The van der Waals surface area contributed by atoms with Crippen molar-refractivity contribution in [3.05, 3.63) is 84.4 Å². The highest BCUT2D eigenvalue weighted by atomic mass is 32.1. The van der Waals surface area contributed by atoms with Crippen LogP contribution in [0.15, 0.2) is 61.9 Å². The Labute approximate surface area is 188 Å². The number of esters is 1. The molecule has 7 nitrogen and oxygen atoms in total. The van der Waals surface area contributed by atoms with Crippen molar-refractivity contribution in [2.45, 2.75) is 33.2 Å². The van der Waals surface area contributed by atoms with Gasteiger partial charge in [-0.3, -0.25) is 9.36 Å². The summed E-state index contributed by atoms with van der Waals surface area (Å²) in [5.41, 5.74) is 1.27. The van der Waals surface area contributed by atoms with E-state index < -0.39 is 12.0 Å². The average molecular weight is 453 g/mol. The fourth-order valence-electron chi connectivity index (χ4n) is 3.70. The minimum atomic E-state index is -0.716. The molecule has 1 aromatic carbocycles. The zero-order chi connectivity index (χ0) is 22.8. The van der Waals surface area contributed by atoms with Gasteiger partial charge in [-0.1, -0.05) is 36.5 Å². The number of hydrogen-bond donors (Lipinski definition) is 0. The van der Waals surface area contributed by atoms with Gasteiger partial charge in [0.05, 0.1) is 29.5 Å². The number of aromatic nitrogens is 1. The van der Waals surface area contributed by atoms with E-state index in [1.165, 1.54) is 18.4 Å². The van der Waals surface area contributed by atoms with Crippen molar-refractivity contribution < 1.29 is 18.7 Å². The van der Waals surface area contributed by atoms with Crippen molar-refractivity contribution in [1.82, 2.24) is 4.57 Å². The molecule has 0 amide bonds. The van der Waals surface area contributed by atoms with Crippen LogP contribution in [0.1, 0.15) is 43.4 Å². The average Bonchev–Trinajstić information content (AvgIpc) is 3.33. The van der Waals surface area contributed by atoms with Gasteiger partial charge in [0.25, 0.3) is 5.56 Å². The molecule has 4 rings (SSSR count). The Balaban J connectivity index is 1.98. The molecule has 166 valence electrons. The number of ether oxygens (including phenoxy) is 2. The number of methoxy groups -OCH3 is 1. The van der Waals surface area contributed by atoms with Gasteiger partial charge in [-0.15, -0.1) is 0 Å². The van der Waals surface area contributed by atoms with Crippen LogP contribution in [-0.4, -0.2) is 24.3 Å². The Morgan fingerprint density at radius 1 is 1.25 bits per heavy atom. The lowest BCUT2D eigenvalue weighted by atomic mass is 9.95. The van der Waals surface area contributed by atoms with Crippen molar-refractivity contribution in [1.29, 1.82) is 0 Å². The molecule has 0 saturated carbocycles. The van der Waals surface area contributed by atoms with Crippen LogP contribution in [0, 0.1) is 6.92 Å². The van der Waals surface area contributed by atoms with E-state index in [0.717, 1.165) is 12.2 Å². The minimum absolute atomic E-state index is 0.257. The number of benzene rings is 1. The van der Waals surface area contributed by atoms with E-state index in [-0.39, 0.29) is 5.56 Å². The summed E-state index contributed by atoms with van der Waals surface area (Å²) >= 11 is 1.25. The standard InChI is InChI=1S/C24H24N2O5S/c1-5-12-30-18-9-7-6-8-17(18)21-20(23(28)29-4)15(3)25-24-26(21)22(27)19(32-24)13-16-11-10-14(2)31-16/h6-11,13,21H,5,12H2,1-4H3/b19-13+/t21-/m1/s1. The Morgan fingerprint density at radius 2 is 2.03 bits per heavy atom. The Hall–Kier alpha value is -3.39. The lowest BCUT2D eigenvalue weighted by Crippen LogP contribution is -2.40. The molecule has 0 saturated heterocycles. The van der Waals surface area contributed by atoms with Gasteiger partial charge in [0.15, 0.2) is 4.80 Å². The first-order chi connectivity index (χ1) is 15.4. The highest BCUT2D eigenvalue weighted by Gasteiger charge is 2.34. The maximum atomic E-state index is 13.5. The zero-order valence-electron chi connectivity index (χ0n) is 18.4. The number of carbonyl (C=O) groups is 1. The molecule has 0 bridgehead atoms. The molecular weight excluding hydrogens is 428 g/mol. The second-order valence-corrected chi connectivity index (χ2v) is 8.42. The summed E-state index contributed by atoms with van der Waals surface area (Å²) in [5, 5.41) is 0. The molecule has 8 heteroatoms. The van der Waals surface area contributed by atoms with Gasteiger partial charge in [-0.2, -0.15) is 0 Å². The first-order valence-electron chi connectivity index (χ1n) is 10.3. The Bertz CT molecular complexity index is 1380. The molecule has 0 fully saturated rings. The normalized spacial score (nSPS) is 16.0. The van der Waals surface area contributed by atoms with E-state index in [2.05, 4.69) is 4.99 Å². The Kier molecular flexibility index (Phi) is 6.14. The van der Waals surface area contributed by atoms with Gasteiger partial charge < -0.3 is 13.9 Å². The number of thiazole rings is 1. The van der Waals surface area contributed by atoms with Crippen molar-refractivity contribution in [3.8, 4) is 5.75 Å². The second-order valence-electron chi connectivity index (χ2n) is 7.41. The summed E-state index contributed by atoms with van der Waals surface area (Å²) in [4.78, 5) is 31.4. The largest absolute Gasteiger partial charge is 0.493 e. The number of nitrogens with zero attached hydrogens (tertiary/aromatic N) is 2. The molecule has 0 spiro atoms. The van der Waals surface area contributed by atoms with Crippen molar-refractivity contribution >= 4 is 23.4 Å². The van der Waals surface area contributed by atoms with E-state index >= 15 is 0 Å². The lowest BCUT2D eigenvalue weighted by Gasteiger charge is -2.26. The van der Waals surface area contributed by atoms with Gasteiger partial charge in [0.2, 0.25) is 0 Å². The van der Waals surface area contributed by atoms with Gasteiger partial charge in [-0.25, -0.2) is 9.79 Å². The van der Waals surface area contributed by atoms with E-state index in [4.69, 9.17) is 13.9 Å². The van der Waals surface area contributed by atoms with Crippen LogP contribution >= 0.6 is 11.3 Å². The first kappa shape index (κ1) is 21.8. The highest BCUT2D eigenvalue weighted by Crippen LogP contribution is 2.35. The number of hydrogen-bond acceptors (Lipinski definition) is 7. The van der Waals surface area contributed by atoms with E-state index in [9.17, 15) is 9.59 Å². The van der Waals surface area contributed by atoms with Crippen molar-refractivity contribution in [2.75, 3.05) is 13.7 Å². The number of para-hydroxylation sites is 1. The number of fused-ring (bicyclic) bond motifs is 1.